The van der Waals surface area contributed by atoms with Crippen molar-refractivity contribution in [3.05, 3.63) is 71.4 Å². The van der Waals surface area contributed by atoms with Gasteiger partial charge in [0.2, 0.25) is 0 Å². The van der Waals surface area contributed by atoms with Gasteiger partial charge in [0.1, 0.15) is 19.8 Å². The summed E-state index contributed by atoms with van der Waals surface area (Å²) in [5.74, 6) is 0. The normalized spacial score (nSPS) is 11.9. The zero-order valence-electron chi connectivity index (χ0n) is 12.8. The van der Waals surface area contributed by atoms with Crippen molar-refractivity contribution in [2.24, 2.45) is 0 Å². The molecule has 1 aromatic heterocycles. The predicted molar refractivity (Wildman–Crippen MR) is 89.1 cm³/mol. The molecule has 0 unspecified atom stereocenters. The van der Waals surface area contributed by atoms with Gasteiger partial charge in [0.15, 0.2) is 6.21 Å². The van der Waals surface area contributed by atoms with E-state index in [2.05, 4.69) is 78.1 Å². The summed E-state index contributed by atoms with van der Waals surface area (Å²) in [6.07, 6.45) is 3.11. The Morgan fingerprint density at radius 1 is 1.00 bits per heavy atom. The molecule has 0 spiro atoms. The van der Waals surface area contributed by atoms with Crippen LogP contribution in [0, 0.1) is 0 Å². The highest BCUT2D eigenvalue weighted by Gasteiger charge is 2.27. The smallest absolute Gasteiger partial charge is 0.174 e. The minimum absolute atomic E-state index is 0.940. The van der Waals surface area contributed by atoms with Gasteiger partial charge < -0.3 is 0 Å². The van der Waals surface area contributed by atoms with E-state index in [1.54, 1.807) is 0 Å². The Morgan fingerprint density at radius 2 is 1.73 bits per heavy atom. The van der Waals surface area contributed by atoms with Crippen LogP contribution < -0.4 is 0 Å². The monoisotopic (exact) mass is 288 g/mol. The summed E-state index contributed by atoms with van der Waals surface area (Å²) in [5.41, 5.74) is 7.25. The van der Waals surface area contributed by atoms with Crippen molar-refractivity contribution >= 4 is 6.21 Å². The van der Waals surface area contributed by atoms with Crippen LogP contribution in [0.4, 0.5) is 0 Å². The SMILES string of the molecule is C[N+](C)=Cc1c(-c2ccccc2)nn2c1Cc1ccccc1-2. The van der Waals surface area contributed by atoms with Crippen molar-refractivity contribution in [1.82, 2.24) is 9.78 Å². The molecule has 0 radical (unpaired) electrons. The average Bonchev–Trinajstić information content (AvgIpc) is 3.05. The van der Waals surface area contributed by atoms with Crippen molar-refractivity contribution in [2.45, 2.75) is 6.42 Å². The number of nitrogens with zero attached hydrogens (tertiary/aromatic N) is 3. The number of rotatable bonds is 2. The molecule has 0 atom stereocenters. The van der Waals surface area contributed by atoms with E-state index in [0.29, 0.717) is 0 Å². The molecular formula is C19H18N3+. The van der Waals surface area contributed by atoms with Crippen molar-refractivity contribution in [3.8, 4) is 16.9 Å². The quantitative estimate of drug-likeness (QED) is 0.410. The zero-order valence-corrected chi connectivity index (χ0v) is 12.8. The second-order valence-corrected chi connectivity index (χ2v) is 5.89. The standard InChI is InChI=1S/C19H18N3/c1-21(2)13-16-18-12-15-10-6-7-11-17(15)22(18)20-19(16)14-8-4-3-5-9-14/h3-11,13H,12H2,1-2H3/q+1. The lowest BCUT2D eigenvalue weighted by Crippen LogP contribution is -2.02. The number of benzene rings is 2. The van der Waals surface area contributed by atoms with E-state index >= 15 is 0 Å². The first-order valence-electron chi connectivity index (χ1n) is 7.51. The first-order valence-corrected chi connectivity index (χ1v) is 7.51. The molecule has 108 valence electrons. The summed E-state index contributed by atoms with van der Waals surface area (Å²) in [4.78, 5) is 0. The van der Waals surface area contributed by atoms with Gasteiger partial charge in [-0.15, -0.1) is 0 Å². The van der Waals surface area contributed by atoms with Crippen LogP contribution in [0.15, 0.2) is 54.6 Å². The van der Waals surface area contributed by atoms with Crippen LogP contribution in [0.25, 0.3) is 16.9 Å². The van der Waals surface area contributed by atoms with Gasteiger partial charge >= 0.3 is 0 Å². The molecule has 2 heterocycles. The van der Waals surface area contributed by atoms with Crippen LogP contribution in [-0.2, 0) is 6.42 Å². The topological polar surface area (TPSA) is 20.8 Å². The lowest BCUT2D eigenvalue weighted by Gasteiger charge is -2.01. The highest BCUT2D eigenvalue weighted by molar-refractivity contribution is 5.89. The molecule has 0 saturated heterocycles. The molecular weight excluding hydrogens is 270 g/mol. The third-order valence-corrected chi connectivity index (χ3v) is 4.03. The van der Waals surface area contributed by atoms with Gasteiger partial charge in [-0.3, -0.25) is 0 Å². The van der Waals surface area contributed by atoms with Crippen LogP contribution in [0.3, 0.4) is 0 Å². The Bertz CT molecular complexity index is 869. The molecule has 3 aromatic rings. The summed E-state index contributed by atoms with van der Waals surface area (Å²) in [5, 5.41) is 4.91. The van der Waals surface area contributed by atoms with Crippen LogP contribution in [0.5, 0.6) is 0 Å². The summed E-state index contributed by atoms with van der Waals surface area (Å²) >= 11 is 0. The Hall–Kier alpha value is -2.68. The van der Waals surface area contributed by atoms with E-state index in [4.69, 9.17) is 5.10 Å². The van der Waals surface area contributed by atoms with Gasteiger partial charge in [-0.25, -0.2) is 9.26 Å². The summed E-state index contributed by atoms with van der Waals surface area (Å²) in [7, 11) is 4.11. The maximum absolute atomic E-state index is 4.91. The number of hydrogen-bond acceptors (Lipinski definition) is 1. The average molecular weight is 288 g/mol. The van der Waals surface area contributed by atoms with Crippen LogP contribution >= 0.6 is 0 Å². The van der Waals surface area contributed by atoms with Crippen molar-refractivity contribution < 1.29 is 4.58 Å². The molecule has 0 N–H and O–H groups in total. The number of hydrogen-bond donors (Lipinski definition) is 0. The Balaban J connectivity index is 1.97. The van der Waals surface area contributed by atoms with Crippen LogP contribution in [0.1, 0.15) is 16.8 Å². The van der Waals surface area contributed by atoms with Gasteiger partial charge in [0, 0.05) is 12.0 Å². The first-order chi connectivity index (χ1) is 10.7. The van der Waals surface area contributed by atoms with E-state index in [-0.39, 0.29) is 0 Å². The molecule has 0 aliphatic carbocycles. The molecule has 3 nitrogen and oxygen atoms in total. The fraction of sp³-hybridized carbons (Fsp3) is 0.158. The fourth-order valence-corrected chi connectivity index (χ4v) is 3.08. The predicted octanol–water partition coefficient (Wildman–Crippen LogP) is 3.13. The van der Waals surface area contributed by atoms with Crippen molar-refractivity contribution in [1.29, 1.82) is 0 Å². The van der Waals surface area contributed by atoms with Gasteiger partial charge in [-0.05, 0) is 11.6 Å². The molecule has 3 heteroatoms. The van der Waals surface area contributed by atoms with Crippen molar-refractivity contribution in [3.63, 3.8) is 0 Å². The van der Waals surface area contributed by atoms with Gasteiger partial charge in [-0.1, -0.05) is 48.5 Å². The lowest BCUT2D eigenvalue weighted by molar-refractivity contribution is -0.458. The largest absolute Gasteiger partial charge is 0.241 e. The summed E-state index contributed by atoms with van der Waals surface area (Å²) in [6.45, 7) is 0. The minimum Gasteiger partial charge on any atom is -0.241 e. The van der Waals surface area contributed by atoms with E-state index < -0.39 is 0 Å². The molecule has 0 fully saturated rings. The molecule has 0 saturated carbocycles. The van der Waals surface area contributed by atoms with E-state index in [1.807, 2.05) is 6.07 Å². The second kappa shape index (κ2) is 4.95. The van der Waals surface area contributed by atoms with Crippen molar-refractivity contribution in [2.75, 3.05) is 14.1 Å². The third kappa shape index (κ3) is 1.98. The maximum Gasteiger partial charge on any atom is 0.174 e. The molecule has 2 aromatic carbocycles. The molecule has 4 rings (SSSR count). The minimum atomic E-state index is 0.940. The van der Waals surface area contributed by atoms with Crippen LogP contribution in [0.2, 0.25) is 0 Å². The fourth-order valence-electron chi connectivity index (χ4n) is 3.08. The Morgan fingerprint density at radius 3 is 2.50 bits per heavy atom. The molecule has 0 amide bonds. The Kier molecular flexibility index (Phi) is 2.93. The Labute approximate surface area is 130 Å². The second-order valence-electron chi connectivity index (χ2n) is 5.89. The number of fused-ring (bicyclic) bond motifs is 3. The molecule has 22 heavy (non-hydrogen) atoms. The highest BCUT2D eigenvalue weighted by Crippen LogP contribution is 2.33. The molecule has 1 aliphatic rings. The number of para-hydroxylation sites is 1. The van der Waals surface area contributed by atoms with Gasteiger partial charge in [0.25, 0.3) is 0 Å². The van der Waals surface area contributed by atoms with E-state index in [1.165, 1.54) is 22.5 Å². The van der Waals surface area contributed by atoms with E-state index in [0.717, 1.165) is 17.7 Å². The lowest BCUT2D eigenvalue weighted by atomic mass is 10.0. The molecule has 1 aliphatic heterocycles. The van der Waals surface area contributed by atoms with E-state index in [9.17, 15) is 0 Å². The molecule has 0 bridgehead atoms. The number of aromatic nitrogens is 2. The van der Waals surface area contributed by atoms with Gasteiger partial charge in [0.05, 0.1) is 16.9 Å². The highest BCUT2D eigenvalue weighted by atomic mass is 15.3. The van der Waals surface area contributed by atoms with Gasteiger partial charge in [-0.2, -0.15) is 5.10 Å². The first kappa shape index (κ1) is 13.0. The maximum atomic E-state index is 4.91. The summed E-state index contributed by atoms with van der Waals surface area (Å²) in [6, 6.07) is 18.9. The third-order valence-electron chi connectivity index (χ3n) is 4.03. The zero-order chi connectivity index (χ0) is 15.1. The summed E-state index contributed by atoms with van der Waals surface area (Å²) < 4.78 is 4.19. The van der Waals surface area contributed by atoms with Crippen LogP contribution in [-0.4, -0.2) is 34.7 Å².